The summed E-state index contributed by atoms with van der Waals surface area (Å²) in [6.07, 6.45) is 3.55. The highest BCUT2D eigenvalue weighted by molar-refractivity contribution is 5.91. The summed E-state index contributed by atoms with van der Waals surface area (Å²) in [5.74, 6) is 0.286. The number of carbonyl (C=O) groups excluding carboxylic acids is 1. The molecule has 0 atom stereocenters. The molecule has 1 aliphatic rings. The van der Waals surface area contributed by atoms with Gasteiger partial charge in [0, 0.05) is 13.0 Å². The quantitative estimate of drug-likeness (QED) is 0.754. The van der Waals surface area contributed by atoms with Crippen LogP contribution >= 0.6 is 0 Å². The fourth-order valence-electron chi connectivity index (χ4n) is 1.87. The highest BCUT2D eigenvalue weighted by Gasteiger charge is 2.25. The number of carbonyl (C=O) groups is 1. The Morgan fingerprint density at radius 1 is 1.44 bits per heavy atom. The molecular formula is C13H24O3. The molecule has 3 nitrogen and oxygen atoms in total. The van der Waals surface area contributed by atoms with Gasteiger partial charge in [-0.1, -0.05) is 19.4 Å². The van der Waals surface area contributed by atoms with Crippen molar-refractivity contribution in [2.45, 2.75) is 40.5 Å². The molecule has 3 heteroatoms. The average Bonchev–Trinajstić information content (AvgIpc) is 2.11. The summed E-state index contributed by atoms with van der Waals surface area (Å²) in [4.78, 5) is 11.0. The zero-order valence-corrected chi connectivity index (χ0v) is 10.9. The Labute approximate surface area is 98.5 Å². The summed E-state index contributed by atoms with van der Waals surface area (Å²) in [5, 5.41) is 8.07. The van der Waals surface area contributed by atoms with E-state index < -0.39 is 0 Å². The Morgan fingerprint density at radius 2 is 2.06 bits per heavy atom. The van der Waals surface area contributed by atoms with Gasteiger partial charge in [0.15, 0.2) is 5.78 Å². The summed E-state index contributed by atoms with van der Waals surface area (Å²) in [6.45, 7) is 9.50. The monoisotopic (exact) mass is 228 g/mol. The summed E-state index contributed by atoms with van der Waals surface area (Å²) in [6, 6.07) is 0. The lowest BCUT2D eigenvalue weighted by atomic mass is 9.77. The van der Waals surface area contributed by atoms with Crippen molar-refractivity contribution in [3.05, 3.63) is 11.6 Å². The van der Waals surface area contributed by atoms with E-state index in [1.807, 2.05) is 13.8 Å². The molecule has 0 aliphatic heterocycles. The van der Waals surface area contributed by atoms with Gasteiger partial charge in [-0.3, -0.25) is 4.79 Å². The summed E-state index contributed by atoms with van der Waals surface area (Å²) < 4.78 is 4.73. The van der Waals surface area contributed by atoms with Gasteiger partial charge < -0.3 is 9.84 Å². The number of aliphatic hydroxyl groups excluding tert-OH is 1. The lowest BCUT2D eigenvalue weighted by Crippen LogP contribution is -2.20. The fourth-order valence-corrected chi connectivity index (χ4v) is 1.87. The van der Waals surface area contributed by atoms with Crippen molar-refractivity contribution in [2.75, 3.05) is 19.8 Å². The first-order valence-corrected chi connectivity index (χ1v) is 5.80. The van der Waals surface area contributed by atoms with Gasteiger partial charge in [0.1, 0.15) is 0 Å². The van der Waals surface area contributed by atoms with Gasteiger partial charge in [0.2, 0.25) is 0 Å². The molecule has 0 spiro atoms. The lowest BCUT2D eigenvalue weighted by molar-refractivity contribution is -0.117. The zero-order valence-electron chi connectivity index (χ0n) is 10.9. The molecule has 0 aromatic rings. The van der Waals surface area contributed by atoms with Crippen molar-refractivity contribution >= 4 is 5.78 Å². The van der Waals surface area contributed by atoms with Crippen molar-refractivity contribution in [1.29, 1.82) is 0 Å². The van der Waals surface area contributed by atoms with Crippen LogP contribution < -0.4 is 0 Å². The highest BCUT2D eigenvalue weighted by Crippen LogP contribution is 2.32. The van der Waals surface area contributed by atoms with Crippen molar-refractivity contribution in [3.8, 4) is 0 Å². The zero-order chi connectivity index (χ0) is 12.6. The van der Waals surface area contributed by atoms with Crippen molar-refractivity contribution in [2.24, 2.45) is 5.41 Å². The third kappa shape index (κ3) is 7.60. The topological polar surface area (TPSA) is 46.5 Å². The highest BCUT2D eigenvalue weighted by atomic mass is 16.5. The number of allylic oxidation sites excluding steroid dienone is 2. The van der Waals surface area contributed by atoms with Crippen LogP contribution in [0, 0.1) is 5.41 Å². The molecule has 0 saturated heterocycles. The molecule has 1 N–H and O–H groups in total. The van der Waals surface area contributed by atoms with E-state index in [1.165, 1.54) is 5.57 Å². The summed E-state index contributed by atoms with van der Waals surface area (Å²) in [7, 11) is 0. The van der Waals surface area contributed by atoms with Gasteiger partial charge in [-0.25, -0.2) is 0 Å². The smallest absolute Gasteiger partial charge is 0.156 e. The lowest BCUT2D eigenvalue weighted by Gasteiger charge is -2.27. The number of ether oxygens (including phenoxy) is 1. The molecule has 0 unspecified atom stereocenters. The van der Waals surface area contributed by atoms with E-state index in [1.54, 1.807) is 6.08 Å². The molecule has 0 amide bonds. The van der Waals surface area contributed by atoms with Gasteiger partial charge in [0.25, 0.3) is 0 Å². The van der Waals surface area contributed by atoms with Crippen LogP contribution in [-0.2, 0) is 9.53 Å². The molecule has 0 aromatic heterocycles. The first kappa shape index (κ1) is 15.3. The van der Waals surface area contributed by atoms with E-state index in [0.29, 0.717) is 19.6 Å². The first-order chi connectivity index (χ1) is 7.41. The predicted molar refractivity (Wildman–Crippen MR) is 65.4 cm³/mol. The first-order valence-electron chi connectivity index (χ1n) is 5.80. The predicted octanol–water partition coefficient (Wildman–Crippen LogP) is 2.34. The van der Waals surface area contributed by atoms with Crippen LogP contribution in [-0.4, -0.2) is 30.7 Å². The molecule has 0 saturated carbocycles. The van der Waals surface area contributed by atoms with Crippen molar-refractivity contribution in [1.82, 2.24) is 0 Å². The standard InChI is InChI=1S/C9H14O.C4H10O2/c1-7-4-8(10)6-9(2,3)5-7;1-2-6-4-3-5/h4H,5-6H2,1-3H3;5H,2-4H2,1H3. The van der Waals surface area contributed by atoms with Crippen LogP contribution in [0.3, 0.4) is 0 Å². The fraction of sp³-hybridized carbons (Fsp3) is 0.769. The van der Waals surface area contributed by atoms with Gasteiger partial charge in [0.05, 0.1) is 13.2 Å². The molecule has 94 valence electrons. The van der Waals surface area contributed by atoms with E-state index in [0.717, 1.165) is 6.42 Å². The van der Waals surface area contributed by atoms with E-state index in [2.05, 4.69) is 13.8 Å². The molecule has 1 aliphatic carbocycles. The minimum Gasteiger partial charge on any atom is -0.394 e. The maximum Gasteiger partial charge on any atom is 0.156 e. The van der Waals surface area contributed by atoms with Crippen LogP contribution in [0.2, 0.25) is 0 Å². The summed E-state index contributed by atoms with van der Waals surface area (Å²) in [5.41, 5.74) is 1.43. The molecule has 0 bridgehead atoms. The maximum atomic E-state index is 11.0. The van der Waals surface area contributed by atoms with Crippen LogP contribution in [0.5, 0.6) is 0 Å². The normalized spacial score (nSPS) is 18.6. The Bertz CT molecular complexity index is 238. The van der Waals surface area contributed by atoms with Crippen LogP contribution in [0.4, 0.5) is 0 Å². The van der Waals surface area contributed by atoms with Gasteiger partial charge >= 0.3 is 0 Å². The molecule has 1 rings (SSSR count). The van der Waals surface area contributed by atoms with Crippen LogP contribution in [0.15, 0.2) is 11.6 Å². The Kier molecular flexibility index (Phi) is 7.26. The Morgan fingerprint density at radius 3 is 2.38 bits per heavy atom. The SMILES string of the molecule is CC1=CC(=O)CC(C)(C)C1.CCOCCO. The minimum atomic E-state index is 0.133. The van der Waals surface area contributed by atoms with E-state index in [4.69, 9.17) is 9.84 Å². The molecule has 0 heterocycles. The molecule has 0 aromatic carbocycles. The van der Waals surface area contributed by atoms with E-state index >= 15 is 0 Å². The van der Waals surface area contributed by atoms with Gasteiger partial charge in [-0.2, -0.15) is 0 Å². The van der Waals surface area contributed by atoms with Crippen molar-refractivity contribution in [3.63, 3.8) is 0 Å². The molecule has 0 radical (unpaired) electrons. The van der Waals surface area contributed by atoms with Crippen LogP contribution in [0.25, 0.3) is 0 Å². The second-order valence-electron chi connectivity index (χ2n) is 4.90. The molecular weight excluding hydrogens is 204 g/mol. The number of rotatable bonds is 3. The van der Waals surface area contributed by atoms with E-state index in [9.17, 15) is 4.79 Å². The molecule has 16 heavy (non-hydrogen) atoms. The Balaban J connectivity index is 0.000000325. The molecule has 0 fully saturated rings. The van der Waals surface area contributed by atoms with E-state index in [-0.39, 0.29) is 17.8 Å². The third-order valence-electron chi connectivity index (χ3n) is 2.26. The van der Waals surface area contributed by atoms with Gasteiger partial charge in [-0.05, 0) is 31.8 Å². The maximum absolute atomic E-state index is 11.0. The number of hydrogen-bond donors (Lipinski definition) is 1. The average molecular weight is 228 g/mol. The third-order valence-corrected chi connectivity index (χ3v) is 2.26. The summed E-state index contributed by atoms with van der Waals surface area (Å²) >= 11 is 0. The second-order valence-corrected chi connectivity index (χ2v) is 4.90. The largest absolute Gasteiger partial charge is 0.394 e. The number of aliphatic hydroxyl groups is 1. The number of ketones is 1. The van der Waals surface area contributed by atoms with Gasteiger partial charge in [-0.15, -0.1) is 0 Å². The van der Waals surface area contributed by atoms with Crippen molar-refractivity contribution < 1.29 is 14.6 Å². The number of hydrogen-bond acceptors (Lipinski definition) is 3. The van der Waals surface area contributed by atoms with Crippen LogP contribution in [0.1, 0.15) is 40.5 Å². The Hall–Kier alpha value is -0.670. The minimum absolute atomic E-state index is 0.133. The second kappa shape index (κ2) is 7.58.